The summed E-state index contributed by atoms with van der Waals surface area (Å²) in [5.41, 5.74) is 2.92. The van der Waals surface area contributed by atoms with Gasteiger partial charge in [0.2, 0.25) is 0 Å². The molecule has 0 heterocycles. The van der Waals surface area contributed by atoms with Crippen molar-refractivity contribution in [3.8, 4) is 22.6 Å². The van der Waals surface area contributed by atoms with E-state index in [-0.39, 0.29) is 18.9 Å². The van der Waals surface area contributed by atoms with E-state index in [1.54, 1.807) is 12.1 Å². The first-order valence-corrected chi connectivity index (χ1v) is 13.1. The Kier molecular flexibility index (Phi) is 8.41. The Hall–Kier alpha value is -3.38. The molecule has 1 saturated carbocycles. The summed E-state index contributed by atoms with van der Waals surface area (Å²) in [6.45, 7) is 6.06. The van der Waals surface area contributed by atoms with Crippen LogP contribution in [0.2, 0.25) is 0 Å². The molecule has 0 amide bonds. The monoisotopic (exact) mass is 520 g/mol. The Balaban J connectivity index is 1.60. The highest BCUT2D eigenvalue weighted by Gasteiger charge is 2.29. The lowest BCUT2D eigenvalue weighted by atomic mass is 9.81. The van der Waals surface area contributed by atoms with Crippen molar-refractivity contribution in [2.24, 2.45) is 11.3 Å². The molecule has 1 unspecified atom stereocenters. The molecule has 0 radical (unpaired) electrons. The Morgan fingerprint density at radius 2 is 1.79 bits per heavy atom. The molecule has 1 aliphatic rings. The summed E-state index contributed by atoms with van der Waals surface area (Å²) in [6, 6.07) is 17.8. The number of rotatable bonds is 11. The van der Waals surface area contributed by atoms with Gasteiger partial charge in [0.05, 0.1) is 19.6 Å². The second-order valence-electron chi connectivity index (χ2n) is 11.4. The Labute approximate surface area is 224 Å². The van der Waals surface area contributed by atoms with Crippen LogP contribution in [0.1, 0.15) is 75.2 Å². The highest BCUT2D eigenvalue weighted by Crippen LogP contribution is 2.42. The van der Waals surface area contributed by atoms with Crippen LogP contribution in [0.5, 0.6) is 11.5 Å². The molecule has 1 fully saturated rings. The van der Waals surface area contributed by atoms with Gasteiger partial charge in [0.1, 0.15) is 23.9 Å². The number of aliphatic hydroxyl groups excluding tert-OH is 1. The van der Waals surface area contributed by atoms with E-state index in [1.807, 2.05) is 63.2 Å². The summed E-state index contributed by atoms with van der Waals surface area (Å²) in [7, 11) is 1.53. The van der Waals surface area contributed by atoms with Crippen LogP contribution in [-0.4, -0.2) is 23.3 Å². The number of hydrogen-bond acceptors (Lipinski definition) is 4. The van der Waals surface area contributed by atoms with Gasteiger partial charge in [-0.1, -0.05) is 57.9 Å². The third-order valence-corrected chi connectivity index (χ3v) is 7.17. The smallest absolute Gasteiger partial charge is 0.303 e. The molecule has 1 aliphatic carbocycles. The zero-order valence-corrected chi connectivity index (χ0v) is 22.5. The van der Waals surface area contributed by atoms with Gasteiger partial charge in [-0.15, -0.1) is 0 Å². The van der Waals surface area contributed by atoms with Crippen molar-refractivity contribution in [2.45, 2.75) is 65.1 Å². The lowest BCUT2D eigenvalue weighted by Gasteiger charge is -2.28. The third-order valence-electron chi connectivity index (χ3n) is 7.17. The third kappa shape index (κ3) is 6.93. The SMILES string of the molecule is COc1ccc(F)c(-c2ccc(COc3cccc([C@H](CC(=O)O)CC4CC4)c3)cc2C(O)C(C)(C)C)c1. The van der Waals surface area contributed by atoms with Crippen LogP contribution in [-0.2, 0) is 11.4 Å². The fourth-order valence-corrected chi connectivity index (χ4v) is 4.81. The van der Waals surface area contributed by atoms with Gasteiger partial charge in [-0.25, -0.2) is 4.39 Å². The molecule has 38 heavy (non-hydrogen) atoms. The predicted octanol–water partition coefficient (Wildman–Crippen LogP) is 7.52. The van der Waals surface area contributed by atoms with E-state index >= 15 is 0 Å². The molecule has 2 N–H and O–H groups in total. The Bertz CT molecular complexity index is 1280. The van der Waals surface area contributed by atoms with E-state index in [1.165, 1.54) is 26.0 Å². The predicted molar refractivity (Wildman–Crippen MR) is 146 cm³/mol. The van der Waals surface area contributed by atoms with E-state index < -0.39 is 23.3 Å². The van der Waals surface area contributed by atoms with Crippen LogP contribution < -0.4 is 9.47 Å². The van der Waals surface area contributed by atoms with Gasteiger partial charge in [-0.2, -0.15) is 0 Å². The summed E-state index contributed by atoms with van der Waals surface area (Å²) in [4.78, 5) is 11.4. The van der Waals surface area contributed by atoms with Crippen molar-refractivity contribution < 1.29 is 28.9 Å². The fraction of sp³-hybridized carbons (Fsp3) is 0.406. The first-order chi connectivity index (χ1) is 18.0. The van der Waals surface area contributed by atoms with Crippen LogP contribution in [0, 0.1) is 17.2 Å². The molecule has 0 bridgehead atoms. The van der Waals surface area contributed by atoms with Crippen molar-refractivity contribution >= 4 is 5.97 Å². The maximum Gasteiger partial charge on any atom is 0.303 e. The number of carbonyl (C=O) groups is 1. The molecule has 2 atom stereocenters. The number of hydrogen-bond donors (Lipinski definition) is 2. The quantitative estimate of drug-likeness (QED) is 0.273. The van der Waals surface area contributed by atoms with Gasteiger partial charge < -0.3 is 19.7 Å². The molecule has 3 aromatic rings. The second-order valence-corrected chi connectivity index (χ2v) is 11.4. The van der Waals surface area contributed by atoms with E-state index in [0.29, 0.717) is 34.1 Å². The first-order valence-electron chi connectivity index (χ1n) is 13.1. The normalized spacial score (nSPS) is 15.1. The molecule has 5 nitrogen and oxygen atoms in total. The lowest BCUT2D eigenvalue weighted by Crippen LogP contribution is -2.19. The topological polar surface area (TPSA) is 76.0 Å². The van der Waals surface area contributed by atoms with Crippen molar-refractivity contribution in [3.63, 3.8) is 0 Å². The average Bonchev–Trinajstić information content (AvgIpc) is 3.70. The fourth-order valence-electron chi connectivity index (χ4n) is 4.81. The molecule has 0 saturated heterocycles. The number of ether oxygens (including phenoxy) is 2. The minimum atomic E-state index is -0.842. The number of carboxylic acid groups (broad SMARTS) is 1. The summed E-state index contributed by atoms with van der Waals surface area (Å²) < 4.78 is 26.3. The van der Waals surface area contributed by atoms with Crippen LogP contribution in [0.25, 0.3) is 11.1 Å². The first kappa shape index (κ1) is 27.6. The number of benzene rings is 3. The van der Waals surface area contributed by atoms with Crippen LogP contribution in [0.4, 0.5) is 4.39 Å². The van der Waals surface area contributed by atoms with E-state index in [4.69, 9.17) is 9.47 Å². The number of halogens is 1. The average molecular weight is 521 g/mol. The summed E-state index contributed by atoms with van der Waals surface area (Å²) in [5.74, 6) is 0.594. The number of methoxy groups -OCH3 is 1. The van der Waals surface area contributed by atoms with Gasteiger partial charge in [0, 0.05) is 5.56 Å². The lowest BCUT2D eigenvalue weighted by molar-refractivity contribution is -0.137. The summed E-state index contributed by atoms with van der Waals surface area (Å²) in [5, 5.41) is 20.6. The summed E-state index contributed by atoms with van der Waals surface area (Å²) in [6.07, 6.45) is 2.49. The molecule has 0 spiro atoms. The van der Waals surface area contributed by atoms with Crippen LogP contribution in [0.15, 0.2) is 60.7 Å². The molecule has 6 heteroatoms. The van der Waals surface area contributed by atoms with Crippen molar-refractivity contribution in [1.29, 1.82) is 0 Å². The molecule has 0 aliphatic heterocycles. The molecule has 202 valence electrons. The van der Waals surface area contributed by atoms with Gasteiger partial charge in [0.15, 0.2) is 0 Å². The van der Waals surface area contributed by atoms with Crippen molar-refractivity contribution in [1.82, 2.24) is 0 Å². The maximum absolute atomic E-state index is 14.9. The second kappa shape index (κ2) is 11.6. The zero-order chi connectivity index (χ0) is 27.4. The molecule has 3 aromatic carbocycles. The molecular weight excluding hydrogens is 483 g/mol. The highest BCUT2D eigenvalue weighted by atomic mass is 19.1. The van der Waals surface area contributed by atoms with Crippen LogP contribution in [0.3, 0.4) is 0 Å². The van der Waals surface area contributed by atoms with Crippen molar-refractivity contribution in [3.05, 3.63) is 83.2 Å². The highest BCUT2D eigenvalue weighted by molar-refractivity contribution is 5.70. The largest absolute Gasteiger partial charge is 0.497 e. The van der Waals surface area contributed by atoms with Crippen LogP contribution >= 0.6 is 0 Å². The minimum absolute atomic E-state index is 0.0332. The number of carboxylic acids is 1. The van der Waals surface area contributed by atoms with E-state index in [2.05, 4.69) is 0 Å². The van der Waals surface area contributed by atoms with E-state index in [0.717, 1.165) is 17.5 Å². The number of aliphatic hydroxyl groups is 1. The van der Waals surface area contributed by atoms with Gasteiger partial charge in [-0.3, -0.25) is 4.79 Å². The standard InChI is InChI=1S/C32H37FO5/c1-32(2,3)31(36)28-15-21(10-12-26(28)27-18-24(37-4)11-13-29(27)33)19-38-25-7-5-6-22(16-25)23(17-30(34)35)14-20-8-9-20/h5-7,10-13,15-16,18,20,23,31,36H,8-9,14,17,19H2,1-4H3,(H,34,35)/t23-,31?/m0/s1. The molecule has 0 aromatic heterocycles. The van der Waals surface area contributed by atoms with Gasteiger partial charge in [-0.05, 0) is 82.3 Å². The van der Waals surface area contributed by atoms with Crippen molar-refractivity contribution in [2.75, 3.05) is 7.11 Å². The minimum Gasteiger partial charge on any atom is -0.497 e. The zero-order valence-electron chi connectivity index (χ0n) is 22.5. The Morgan fingerprint density at radius 1 is 1.03 bits per heavy atom. The van der Waals surface area contributed by atoms with E-state index in [9.17, 15) is 19.4 Å². The van der Waals surface area contributed by atoms with Gasteiger partial charge >= 0.3 is 5.97 Å². The molecule has 4 rings (SSSR count). The maximum atomic E-state index is 14.9. The summed E-state index contributed by atoms with van der Waals surface area (Å²) >= 11 is 0. The molecular formula is C32H37FO5. The Morgan fingerprint density at radius 3 is 2.45 bits per heavy atom. The van der Waals surface area contributed by atoms with Gasteiger partial charge in [0.25, 0.3) is 0 Å². The number of aliphatic carboxylic acids is 1.